The summed E-state index contributed by atoms with van der Waals surface area (Å²) in [5.41, 5.74) is 1.59. The zero-order valence-electron chi connectivity index (χ0n) is 11.9. The van der Waals surface area contributed by atoms with Gasteiger partial charge in [0, 0.05) is 9.35 Å². The Balaban J connectivity index is 1.98. The van der Waals surface area contributed by atoms with Crippen LogP contribution in [0.3, 0.4) is 0 Å². The number of hydrogen-bond acceptors (Lipinski definition) is 4. The number of hydrogen-bond donors (Lipinski definition) is 2. The molecule has 1 aliphatic rings. The number of fused-ring (bicyclic) bond motifs is 3. The molecule has 0 saturated carbocycles. The standard InChI is InChI=1S/C16H12BrIN2O2S/c17-7-5-9(13(21)10(18)6-7)14-19-15(22)12-8-3-1-2-4-11(8)23-16(12)20-14/h5-6,21H,1-4H2,(H,19,20,22). The molecule has 0 bridgehead atoms. The van der Waals surface area contributed by atoms with Gasteiger partial charge in [0.2, 0.25) is 0 Å². The first-order valence-corrected chi connectivity index (χ1v) is 9.96. The van der Waals surface area contributed by atoms with E-state index in [0.717, 1.165) is 34.0 Å². The number of nitrogens with one attached hydrogen (secondary N) is 1. The van der Waals surface area contributed by atoms with Crippen LogP contribution in [0.2, 0.25) is 0 Å². The molecule has 2 aromatic heterocycles. The first-order chi connectivity index (χ1) is 11.0. The van der Waals surface area contributed by atoms with Crippen molar-refractivity contribution in [3.05, 3.63) is 41.0 Å². The molecule has 118 valence electrons. The van der Waals surface area contributed by atoms with Crippen LogP contribution in [0.4, 0.5) is 0 Å². The van der Waals surface area contributed by atoms with E-state index in [-0.39, 0.29) is 11.3 Å². The third-order valence-electron chi connectivity index (χ3n) is 4.11. The molecule has 1 aliphatic carbocycles. The van der Waals surface area contributed by atoms with Crippen LogP contribution in [-0.4, -0.2) is 15.1 Å². The van der Waals surface area contributed by atoms with Crippen LogP contribution >= 0.6 is 49.9 Å². The van der Waals surface area contributed by atoms with Gasteiger partial charge in [0.25, 0.3) is 5.56 Å². The minimum atomic E-state index is -0.112. The highest BCUT2D eigenvalue weighted by molar-refractivity contribution is 14.1. The minimum absolute atomic E-state index is 0.112. The van der Waals surface area contributed by atoms with Crippen molar-refractivity contribution in [3.63, 3.8) is 0 Å². The SMILES string of the molecule is O=c1[nH]c(-c2cc(Br)cc(I)c2O)nc2sc3c(c12)CCCC3. The van der Waals surface area contributed by atoms with Crippen molar-refractivity contribution in [3.8, 4) is 17.1 Å². The largest absolute Gasteiger partial charge is 0.506 e. The maximum atomic E-state index is 12.6. The Hall–Kier alpha value is -0.930. The second-order valence-corrected chi connectivity index (χ2v) is 8.75. The van der Waals surface area contributed by atoms with Crippen molar-refractivity contribution in [1.82, 2.24) is 9.97 Å². The fourth-order valence-corrected chi connectivity index (χ4v) is 5.81. The molecular weight excluding hydrogens is 491 g/mol. The number of H-pyrrole nitrogens is 1. The van der Waals surface area contributed by atoms with Crippen LogP contribution in [0.15, 0.2) is 21.4 Å². The van der Waals surface area contributed by atoms with Crippen LogP contribution < -0.4 is 5.56 Å². The van der Waals surface area contributed by atoms with Gasteiger partial charge >= 0.3 is 0 Å². The van der Waals surface area contributed by atoms with Gasteiger partial charge < -0.3 is 10.1 Å². The van der Waals surface area contributed by atoms with E-state index in [1.165, 1.54) is 16.9 Å². The van der Waals surface area contributed by atoms with Gasteiger partial charge in [-0.05, 0) is 66.0 Å². The molecule has 4 nitrogen and oxygen atoms in total. The molecule has 0 radical (unpaired) electrons. The van der Waals surface area contributed by atoms with Crippen molar-refractivity contribution in [2.45, 2.75) is 25.7 Å². The molecular formula is C16H12BrIN2O2S. The molecule has 2 heterocycles. The molecule has 2 N–H and O–H groups in total. The number of phenols is 1. The van der Waals surface area contributed by atoms with E-state index in [4.69, 9.17) is 0 Å². The highest BCUT2D eigenvalue weighted by Gasteiger charge is 2.21. The molecule has 0 amide bonds. The van der Waals surface area contributed by atoms with Gasteiger partial charge in [0.1, 0.15) is 16.4 Å². The van der Waals surface area contributed by atoms with E-state index < -0.39 is 0 Å². The number of aromatic amines is 1. The number of aryl methyl sites for hydroxylation is 2. The third kappa shape index (κ3) is 2.62. The molecule has 0 atom stereocenters. The molecule has 7 heteroatoms. The monoisotopic (exact) mass is 502 g/mol. The summed E-state index contributed by atoms with van der Waals surface area (Å²) < 4.78 is 1.54. The molecule has 4 rings (SSSR count). The van der Waals surface area contributed by atoms with Crippen molar-refractivity contribution < 1.29 is 5.11 Å². The molecule has 23 heavy (non-hydrogen) atoms. The van der Waals surface area contributed by atoms with Crippen LogP contribution in [-0.2, 0) is 12.8 Å². The summed E-state index contributed by atoms with van der Waals surface area (Å²) >= 11 is 7.10. The Labute approximate surface area is 158 Å². The lowest BCUT2D eigenvalue weighted by Gasteiger charge is -2.10. The number of thiophene rings is 1. The fourth-order valence-electron chi connectivity index (χ4n) is 3.04. The molecule has 0 fully saturated rings. The van der Waals surface area contributed by atoms with Gasteiger partial charge in [-0.1, -0.05) is 15.9 Å². The first-order valence-electron chi connectivity index (χ1n) is 7.27. The summed E-state index contributed by atoms with van der Waals surface area (Å²) in [4.78, 5) is 22.1. The van der Waals surface area contributed by atoms with Crippen LogP contribution in [0.25, 0.3) is 21.6 Å². The Morgan fingerprint density at radius 3 is 2.91 bits per heavy atom. The molecule has 1 aromatic carbocycles. The zero-order chi connectivity index (χ0) is 16.1. The van der Waals surface area contributed by atoms with Gasteiger partial charge in [-0.2, -0.15) is 0 Å². The van der Waals surface area contributed by atoms with E-state index in [9.17, 15) is 9.90 Å². The molecule has 0 unspecified atom stereocenters. The number of phenolic OH excluding ortho intramolecular Hbond substituents is 1. The summed E-state index contributed by atoms with van der Waals surface area (Å²) in [7, 11) is 0. The Bertz CT molecular complexity index is 996. The molecule has 0 spiro atoms. The predicted octanol–water partition coefficient (Wildman–Crippen LogP) is 4.60. The maximum Gasteiger partial charge on any atom is 0.260 e. The van der Waals surface area contributed by atoms with Gasteiger partial charge in [-0.3, -0.25) is 4.79 Å². The van der Waals surface area contributed by atoms with E-state index in [1.54, 1.807) is 17.4 Å². The van der Waals surface area contributed by atoms with E-state index in [1.807, 2.05) is 6.07 Å². The number of benzene rings is 1. The lowest BCUT2D eigenvalue weighted by molar-refractivity contribution is 0.473. The lowest BCUT2D eigenvalue weighted by atomic mass is 9.97. The third-order valence-corrected chi connectivity index (χ3v) is 6.57. The number of aromatic nitrogens is 2. The first kappa shape index (κ1) is 15.6. The molecule has 3 aromatic rings. The number of aromatic hydroxyl groups is 1. The number of halogens is 2. The molecule has 0 aliphatic heterocycles. The van der Waals surface area contributed by atoms with Crippen LogP contribution in [0, 0.1) is 3.57 Å². The summed E-state index contributed by atoms with van der Waals surface area (Å²) in [6.45, 7) is 0. The van der Waals surface area contributed by atoms with E-state index in [0.29, 0.717) is 15.0 Å². The number of nitrogens with zero attached hydrogens (tertiary/aromatic N) is 1. The fraction of sp³-hybridized carbons (Fsp3) is 0.250. The van der Waals surface area contributed by atoms with Crippen LogP contribution in [0.1, 0.15) is 23.3 Å². The quantitative estimate of drug-likeness (QED) is 0.478. The van der Waals surface area contributed by atoms with Gasteiger partial charge in [0.15, 0.2) is 0 Å². The average Bonchev–Trinajstić information content (AvgIpc) is 2.89. The summed E-state index contributed by atoms with van der Waals surface area (Å²) in [6.07, 6.45) is 4.30. The number of rotatable bonds is 1. The highest BCUT2D eigenvalue weighted by Crippen LogP contribution is 2.37. The van der Waals surface area contributed by atoms with Crippen LogP contribution in [0.5, 0.6) is 5.75 Å². The van der Waals surface area contributed by atoms with Gasteiger partial charge in [-0.25, -0.2) is 4.98 Å². The Kier molecular flexibility index (Phi) is 3.97. The second kappa shape index (κ2) is 5.86. The summed E-state index contributed by atoms with van der Waals surface area (Å²) in [5, 5.41) is 11.0. The van der Waals surface area contributed by atoms with Crippen molar-refractivity contribution >= 4 is 60.1 Å². The normalized spacial score (nSPS) is 14.2. The van der Waals surface area contributed by atoms with Crippen molar-refractivity contribution in [2.75, 3.05) is 0 Å². The summed E-state index contributed by atoms with van der Waals surface area (Å²) in [6, 6.07) is 3.59. The Morgan fingerprint density at radius 1 is 1.30 bits per heavy atom. The smallest absolute Gasteiger partial charge is 0.260 e. The second-order valence-electron chi connectivity index (χ2n) is 5.59. The minimum Gasteiger partial charge on any atom is -0.506 e. The molecule has 0 saturated heterocycles. The summed E-state index contributed by atoms with van der Waals surface area (Å²) in [5.74, 6) is 0.551. The van der Waals surface area contributed by atoms with Gasteiger partial charge in [-0.15, -0.1) is 11.3 Å². The Morgan fingerprint density at radius 2 is 2.09 bits per heavy atom. The van der Waals surface area contributed by atoms with E-state index in [2.05, 4.69) is 48.5 Å². The van der Waals surface area contributed by atoms with Gasteiger partial charge in [0.05, 0.1) is 14.5 Å². The van der Waals surface area contributed by atoms with Crippen molar-refractivity contribution in [1.29, 1.82) is 0 Å². The predicted molar refractivity (Wildman–Crippen MR) is 104 cm³/mol. The van der Waals surface area contributed by atoms with E-state index >= 15 is 0 Å². The lowest BCUT2D eigenvalue weighted by Crippen LogP contribution is -2.11. The maximum absolute atomic E-state index is 12.6. The highest BCUT2D eigenvalue weighted by atomic mass is 127. The topological polar surface area (TPSA) is 66.0 Å². The van der Waals surface area contributed by atoms with Crippen molar-refractivity contribution in [2.24, 2.45) is 0 Å². The zero-order valence-corrected chi connectivity index (χ0v) is 16.5. The average molecular weight is 503 g/mol.